The highest BCUT2D eigenvalue weighted by atomic mass is 19.1. The Balaban J connectivity index is 1.97. The molecule has 2 aromatic carbocycles. The van der Waals surface area contributed by atoms with Gasteiger partial charge in [0.15, 0.2) is 5.78 Å². The number of nitrogens with zero attached hydrogens (tertiary/aromatic N) is 2. The lowest BCUT2D eigenvalue weighted by Gasteiger charge is -2.13. The number of halogens is 1. The number of para-hydroxylation sites is 2. The number of hydrogen-bond acceptors (Lipinski definition) is 2. The minimum Gasteiger partial charge on any atom is -0.320 e. The van der Waals surface area contributed by atoms with Crippen LogP contribution in [-0.2, 0) is 0 Å². The molecule has 0 saturated heterocycles. The summed E-state index contributed by atoms with van der Waals surface area (Å²) in [4.78, 5) is 16.7. The van der Waals surface area contributed by atoms with E-state index in [4.69, 9.17) is 0 Å². The Morgan fingerprint density at radius 2 is 1.85 bits per heavy atom. The van der Waals surface area contributed by atoms with Crippen LogP contribution in [0.5, 0.6) is 0 Å². The first-order chi connectivity index (χ1) is 9.66. The van der Waals surface area contributed by atoms with Crippen LogP contribution in [0.15, 0.2) is 54.9 Å². The van der Waals surface area contributed by atoms with Crippen LogP contribution in [0.4, 0.5) is 4.39 Å². The highest BCUT2D eigenvalue weighted by Gasteiger charge is 2.18. The lowest BCUT2D eigenvalue weighted by atomic mass is 10.1. The summed E-state index contributed by atoms with van der Waals surface area (Å²) < 4.78 is 14.7. The van der Waals surface area contributed by atoms with E-state index in [9.17, 15) is 9.18 Å². The molecule has 1 unspecified atom stereocenters. The van der Waals surface area contributed by atoms with Crippen molar-refractivity contribution in [3.8, 4) is 0 Å². The van der Waals surface area contributed by atoms with Gasteiger partial charge in [0.1, 0.15) is 5.82 Å². The van der Waals surface area contributed by atoms with Crippen molar-refractivity contribution in [1.29, 1.82) is 0 Å². The van der Waals surface area contributed by atoms with Crippen molar-refractivity contribution in [2.24, 2.45) is 0 Å². The Hall–Kier alpha value is -2.49. The standard InChI is InChI=1S/C16H13FN2O/c1-11(16(20)12-6-8-13(17)9-7-12)19-10-18-14-4-2-3-5-15(14)19/h2-11H,1H3. The van der Waals surface area contributed by atoms with Gasteiger partial charge in [-0.3, -0.25) is 4.79 Å². The Kier molecular flexibility index (Phi) is 3.06. The number of fused-ring (bicyclic) bond motifs is 1. The van der Waals surface area contributed by atoms with E-state index in [0.717, 1.165) is 11.0 Å². The third kappa shape index (κ3) is 2.09. The molecule has 20 heavy (non-hydrogen) atoms. The molecule has 0 saturated carbocycles. The number of hydrogen-bond donors (Lipinski definition) is 0. The molecular weight excluding hydrogens is 255 g/mol. The first-order valence-electron chi connectivity index (χ1n) is 6.38. The second kappa shape index (κ2) is 4.89. The number of carbonyl (C=O) groups is 1. The summed E-state index contributed by atoms with van der Waals surface area (Å²) in [5.74, 6) is -0.407. The molecule has 0 aliphatic heterocycles. The summed E-state index contributed by atoms with van der Waals surface area (Å²) in [6.07, 6.45) is 1.66. The lowest BCUT2D eigenvalue weighted by molar-refractivity contribution is 0.0937. The van der Waals surface area contributed by atoms with E-state index in [2.05, 4.69) is 4.98 Å². The van der Waals surface area contributed by atoms with Gasteiger partial charge < -0.3 is 4.57 Å². The number of aromatic nitrogens is 2. The van der Waals surface area contributed by atoms with Crippen LogP contribution in [0.3, 0.4) is 0 Å². The number of imidazole rings is 1. The zero-order valence-electron chi connectivity index (χ0n) is 11.0. The molecule has 0 N–H and O–H groups in total. The fraction of sp³-hybridized carbons (Fsp3) is 0.125. The van der Waals surface area contributed by atoms with Crippen LogP contribution in [0, 0.1) is 5.82 Å². The molecule has 1 heterocycles. The van der Waals surface area contributed by atoms with Crippen molar-refractivity contribution in [2.45, 2.75) is 13.0 Å². The van der Waals surface area contributed by atoms with E-state index >= 15 is 0 Å². The van der Waals surface area contributed by atoms with Gasteiger partial charge in [-0.15, -0.1) is 0 Å². The second-order valence-electron chi connectivity index (χ2n) is 4.69. The maximum absolute atomic E-state index is 12.9. The summed E-state index contributed by atoms with van der Waals surface area (Å²) in [6, 6.07) is 12.9. The van der Waals surface area contributed by atoms with Crippen LogP contribution in [0.2, 0.25) is 0 Å². The predicted molar refractivity (Wildman–Crippen MR) is 75.2 cm³/mol. The van der Waals surface area contributed by atoms with Gasteiger partial charge in [-0.25, -0.2) is 9.37 Å². The second-order valence-corrected chi connectivity index (χ2v) is 4.69. The third-order valence-corrected chi connectivity index (χ3v) is 3.41. The first-order valence-corrected chi connectivity index (χ1v) is 6.38. The van der Waals surface area contributed by atoms with Crippen molar-refractivity contribution < 1.29 is 9.18 Å². The molecule has 3 rings (SSSR count). The van der Waals surface area contributed by atoms with Gasteiger partial charge in [0.25, 0.3) is 0 Å². The molecule has 0 spiro atoms. The number of carbonyl (C=O) groups excluding carboxylic acids is 1. The lowest BCUT2D eigenvalue weighted by Crippen LogP contribution is -2.15. The summed E-state index contributed by atoms with van der Waals surface area (Å²) >= 11 is 0. The quantitative estimate of drug-likeness (QED) is 0.680. The first kappa shape index (κ1) is 12.5. The summed E-state index contributed by atoms with van der Waals surface area (Å²) in [6.45, 7) is 1.82. The highest BCUT2D eigenvalue weighted by Crippen LogP contribution is 2.20. The van der Waals surface area contributed by atoms with Gasteiger partial charge in [0, 0.05) is 5.56 Å². The van der Waals surface area contributed by atoms with Crippen molar-refractivity contribution in [3.05, 3.63) is 66.2 Å². The largest absolute Gasteiger partial charge is 0.320 e. The molecule has 3 aromatic rings. The van der Waals surface area contributed by atoms with Crippen molar-refractivity contribution >= 4 is 16.8 Å². The van der Waals surface area contributed by atoms with E-state index in [1.165, 1.54) is 24.3 Å². The predicted octanol–water partition coefficient (Wildman–Crippen LogP) is 3.62. The maximum Gasteiger partial charge on any atom is 0.185 e. The Morgan fingerprint density at radius 3 is 2.60 bits per heavy atom. The average molecular weight is 268 g/mol. The number of rotatable bonds is 3. The monoisotopic (exact) mass is 268 g/mol. The minimum absolute atomic E-state index is 0.0619. The van der Waals surface area contributed by atoms with Crippen molar-refractivity contribution in [1.82, 2.24) is 9.55 Å². The normalized spacial score (nSPS) is 12.5. The molecule has 0 amide bonds. The number of ketones is 1. The van der Waals surface area contributed by atoms with E-state index in [0.29, 0.717) is 5.56 Å². The minimum atomic E-state index is -0.382. The van der Waals surface area contributed by atoms with Crippen molar-refractivity contribution in [2.75, 3.05) is 0 Å². The van der Waals surface area contributed by atoms with E-state index in [1.807, 2.05) is 35.8 Å². The van der Waals surface area contributed by atoms with E-state index < -0.39 is 0 Å². The van der Waals surface area contributed by atoms with Crippen LogP contribution in [0.1, 0.15) is 23.3 Å². The van der Waals surface area contributed by atoms with Gasteiger partial charge in [-0.2, -0.15) is 0 Å². The van der Waals surface area contributed by atoms with Crippen molar-refractivity contribution in [3.63, 3.8) is 0 Å². The molecular formula is C16H13FN2O. The van der Waals surface area contributed by atoms with Gasteiger partial charge in [-0.1, -0.05) is 12.1 Å². The van der Waals surface area contributed by atoms with E-state index in [-0.39, 0.29) is 17.6 Å². The summed E-state index contributed by atoms with van der Waals surface area (Å²) in [5.41, 5.74) is 2.26. The molecule has 0 radical (unpaired) electrons. The number of Topliss-reactive ketones (excluding diaryl/α,β-unsaturated/α-hetero) is 1. The molecule has 100 valence electrons. The molecule has 3 nitrogen and oxygen atoms in total. The highest BCUT2D eigenvalue weighted by molar-refractivity contribution is 5.99. The van der Waals surface area contributed by atoms with Crippen LogP contribution in [0.25, 0.3) is 11.0 Å². The third-order valence-electron chi connectivity index (χ3n) is 3.41. The summed E-state index contributed by atoms with van der Waals surface area (Å²) in [7, 11) is 0. The van der Waals surface area contributed by atoms with Gasteiger partial charge in [0.2, 0.25) is 0 Å². The van der Waals surface area contributed by atoms with Gasteiger partial charge in [-0.05, 0) is 43.3 Å². The number of benzene rings is 2. The fourth-order valence-corrected chi connectivity index (χ4v) is 2.27. The molecule has 0 fully saturated rings. The van der Waals surface area contributed by atoms with Crippen LogP contribution >= 0.6 is 0 Å². The van der Waals surface area contributed by atoms with Crippen LogP contribution in [-0.4, -0.2) is 15.3 Å². The zero-order chi connectivity index (χ0) is 14.1. The molecule has 1 aromatic heterocycles. The fourth-order valence-electron chi connectivity index (χ4n) is 2.27. The van der Waals surface area contributed by atoms with E-state index in [1.54, 1.807) is 6.33 Å². The smallest absolute Gasteiger partial charge is 0.185 e. The Labute approximate surface area is 115 Å². The molecule has 4 heteroatoms. The molecule has 0 bridgehead atoms. The molecule has 0 aliphatic rings. The SMILES string of the molecule is CC(C(=O)c1ccc(F)cc1)n1cnc2ccccc21. The zero-order valence-corrected chi connectivity index (χ0v) is 11.0. The molecule has 0 aliphatic carbocycles. The summed E-state index contributed by atoms with van der Waals surface area (Å²) in [5, 5.41) is 0. The average Bonchev–Trinajstić information content (AvgIpc) is 2.90. The Bertz CT molecular complexity index is 762. The topological polar surface area (TPSA) is 34.9 Å². The van der Waals surface area contributed by atoms with Crippen LogP contribution < -0.4 is 0 Å². The maximum atomic E-state index is 12.9. The Morgan fingerprint density at radius 1 is 1.15 bits per heavy atom. The molecule has 1 atom stereocenters. The van der Waals surface area contributed by atoms with Gasteiger partial charge in [0.05, 0.1) is 23.4 Å². The van der Waals surface area contributed by atoms with Gasteiger partial charge >= 0.3 is 0 Å².